The fraction of sp³-hybridized carbons (Fsp3) is 1.00. The molecule has 2 atom stereocenters. The molecule has 0 heterocycles. The van der Waals surface area contributed by atoms with Gasteiger partial charge in [-0.2, -0.15) is 13.2 Å². The molecule has 1 aliphatic carbocycles. The van der Waals surface area contributed by atoms with Crippen LogP contribution in [0, 0.1) is 5.92 Å². The lowest BCUT2D eigenvalue weighted by atomic mass is 9.84. The third-order valence-electron chi connectivity index (χ3n) is 3.41. The Morgan fingerprint density at radius 2 is 1.89 bits per heavy atom. The zero-order valence-corrected chi connectivity index (χ0v) is 11.1. The lowest BCUT2D eigenvalue weighted by Crippen LogP contribution is -2.45. The molecule has 0 amide bonds. The van der Waals surface area contributed by atoms with Gasteiger partial charge < -0.3 is 10.1 Å². The number of nitrogens with one attached hydrogen (secondary N) is 1. The highest BCUT2D eigenvalue weighted by Gasteiger charge is 2.45. The van der Waals surface area contributed by atoms with Crippen molar-refractivity contribution in [3.63, 3.8) is 0 Å². The monoisotopic (exact) mass is 267 g/mol. The van der Waals surface area contributed by atoms with Crippen molar-refractivity contribution < 1.29 is 17.9 Å². The highest BCUT2D eigenvalue weighted by Crippen LogP contribution is 2.37. The van der Waals surface area contributed by atoms with Crippen LogP contribution in [0.1, 0.15) is 45.4 Å². The topological polar surface area (TPSA) is 21.3 Å². The van der Waals surface area contributed by atoms with Crippen molar-refractivity contribution in [2.24, 2.45) is 5.92 Å². The summed E-state index contributed by atoms with van der Waals surface area (Å²) in [5.74, 6) is -1.16. The van der Waals surface area contributed by atoms with E-state index < -0.39 is 18.1 Å². The van der Waals surface area contributed by atoms with E-state index in [0.29, 0.717) is 26.0 Å². The van der Waals surface area contributed by atoms with Crippen molar-refractivity contribution in [2.45, 2.75) is 57.7 Å². The van der Waals surface area contributed by atoms with E-state index in [1.54, 1.807) is 0 Å². The maximum Gasteiger partial charge on any atom is 0.393 e. The zero-order valence-electron chi connectivity index (χ0n) is 11.1. The molecule has 2 unspecified atom stereocenters. The van der Waals surface area contributed by atoms with Crippen LogP contribution in [0.5, 0.6) is 0 Å². The fourth-order valence-corrected chi connectivity index (χ4v) is 2.48. The average molecular weight is 267 g/mol. The predicted octanol–water partition coefficient (Wildman–Crippen LogP) is 3.51. The molecule has 2 nitrogen and oxygen atoms in total. The molecule has 0 bridgehead atoms. The van der Waals surface area contributed by atoms with Crippen molar-refractivity contribution in [1.82, 2.24) is 5.32 Å². The van der Waals surface area contributed by atoms with Gasteiger partial charge in [-0.3, -0.25) is 0 Å². The molecule has 1 rings (SSSR count). The molecule has 1 saturated carbocycles. The van der Waals surface area contributed by atoms with E-state index in [9.17, 15) is 13.2 Å². The van der Waals surface area contributed by atoms with Gasteiger partial charge in [0.2, 0.25) is 0 Å². The Bertz CT molecular complexity index is 221. The van der Waals surface area contributed by atoms with E-state index in [1.807, 2.05) is 6.92 Å². The lowest BCUT2D eigenvalue weighted by Gasteiger charge is -2.33. The first-order valence-electron chi connectivity index (χ1n) is 6.93. The number of ether oxygens (including phenoxy) is 1. The average Bonchev–Trinajstić information content (AvgIpc) is 2.33. The lowest BCUT2D eigenvalue weighted by molar-refractivity contribution is -0.188. The molecule has 0 aromatic heterocycles. The standard InChI is InChI=1S/C13H24F3NO/c1-2-9-18-10-5-8-17-12-7-4-3-6-11(12)13(14,15)16/h11-12,17H,2-10H2,1H3. The molecule has 0 aromatic carbocycles. The van der Waals surface area contributed by atoms with Crippen LogP contribution >= 0.6 is 0 Å². The van der Waals surface area contributed by atoms with Crippen molar-refractivity contribution in [3.05, 3.63) is 0 Å². The second-order valence-electron chi connectivity index (χ2n) is 4.96. The molecule has 0 aromatic rings. The Labute approximate surface area is 107 Å². The van der Waals surface area contributed by atoms with Crippen LogP contribution in [0.2, 0.25) is 0 Å². The maximum absolute atomic E-state index is 12.8. The number of alkyl halides is 3. The number of halogens is 3. The highest BCUT2D eigenvalue weighted by atomic mass is 19.4. The van der Waals surface area contributed by atoms with Gasteiger partial charge in [-0.25, -0.2) is 0 Å². The molecule has 0 saturated heterocycles. The van der Waals surface area contributed by atoms with Crippen LogP contribution < -0.4 is 5.32 Å². The normalized spacial score (nSPS) is 25.3. The van der Waals surface area contributed by atoms with Crippen molar-refractivity contribution in [1.29, 1.82) is 0 Å². The molecule has 1 aliphatic rings. The number of rotatable bonds is 7. The Morgan fingerprint density at radius 3 is 2.56 bits per heavy atom. The van der Waals surface area contributed by atoms with Crippen LogP contribution in [0.15, 0.2) is 0 Å². The van der Waals surface area contributed by atoms with Gasteiger partial charge in [0.05, 0.1) is 5.92 Å². The summed E-state index contributed by atoms with van der Waals surface area (Å²) in [7, 11) is 0. The van der Waals surface area contributed by atoms with Crippen LogP contribution in [-0.4, -0.2) is 32.0 Å². The van der Waals surface area contributed by atoms with Crippen LogP contribution in [0.25, 0.3) is 0 Å². The smallest absolute Gasteiger partial charge is 0.381 e. The molecule has 5 heteroatoms. The first-order valence-corrected chi connectivity index (χ1v) is 6.93. The van der Waals surface area contributed by atoms with E-state index >= 15 is 0 Å². The number of hydrogen-bond acceptors (Lipinski definition) is 2. The Morgan fingerprint density at radius 1 is 1.17 bits per heavy atom. The van der Waals surface area contributed by atoms with E-state index in [0.717, 1.165) is 25.9 Å². The third-order valence-corrected chi connectivity index (χ3v) is 3.41. The molecule has 108 valence electrons. The molecular formula is C13H24F3NO. The van der Waals surface area contributed by atoms with Gasteiger partial charge in [-0.05, 0) is 32.2 Å². The second-order valence-corrected chi connectivity index (χ2v) is 4.96. The first kappa shape index (κ1) is 15.8. The predicted molar refractivity (Wildman–Crippen MR) is 65.5 cm³/mol. The summed E-state index contributed by atoms with van der Waals surface area (Å²) in [6, 6.07) is -0.398. The van der Waals surface area contributed by atoms with Gasteiger partial charge >= 0.3 is 6.18 Å². The summed E-state index contributed by atoms with van der Waals surface area (Å²) in [5.41, 5.74) is 0. The van der Waals surface area contributed by atoms with Crippen LogP contribution in [-0.2, 0) is 4.74 Å². The molecule has 0 radical (unpaired) electrons. The Balaban J connectivity index is 2.21. The molecular weight excluding hydrogens is 243 g/mol. The largest absolute Gasteiger partial charge is 0.393 e. The quantitative estimate of drug-likeness (QED) is 0.713. The summed E-state index contributed by atoms with van der Waals surface area (Å²) < 4.78 is 43.7. The molecule has 1 N–H and O–H groups in total. The summed E-state index contributed by atoms with van der Waals surface area (Å²) in [6.45, 7) is 4.01. The zero-order chi connectivity index (χ0) is 13.4. The Hall–Kier alpha value is -0.290. The van der Waals surface area contributed by atoms with Gasteiger partial charge in [0.15, 0.2) is 0 Å². The minimum absolute atomic E-state index is 0.271. The SMILES string of the molecule is CCCOCCCNC1CCCCC1C(F)(F)F. The van der Waals surface area contributed by atoms with Crippen molar-refractivity contribution >= 4 is 0 Å². The minimum atomic E-state index is -4.06. The van der Waals surface area contributed by atoms with Crippen molar-refractivity contribution in [3.8, 4) is 0 Å². The van der Waals surface area contributed by atoms with Crippen molar-refractivity contribution in [2.75, 3.05) is 19.8 Å². The summed E-state index contributed by atoms with van der Waals surface area (Å²) in [6.07, 6.45) is 0.204. The van der Waals surface area contributed by atoms with Gasteiger partial charge in [0.1, 0.15) is 0 Å². The van der Waals surface area contributed by atoms with Crippen LogP contribution in [0.3, 0.4) is 0 Å². The van der Waals surface area contributed by atoms with E-state index in [1.165, 1.54) is 0 Å². The van der Waals surface area contributed by atoms with Crippen LogP contribution in [0.4, 0.5) is 13.2 Å². The first-order chi connectivity index (χ1) is 8.55. The summed E-state index contributed by atoms with van der Waals surface area (Å²) in [4.78, 5) is 0. The summed E-state index contributed by atoms with van der Waals surface area (Å²) >= 11 is 0. The second kappa shape index (κ2) is 8.00. The van der Waals surface area contributed by atoms with Gasteiger partial charge in [0.25, 0.3) is 0 Å². The molecule has 18 heavy (non-hydrogen) atoms. The maximum atomic E-state index is 12.8. The Kier molecular flexibility index (Phi) is 7.00. The van der Waals surface area contributed by atoms with Gasteiger partial charge in [-0.15, -0.1) is 0 Å². The fourth-order valence-electron chi connectivity index (χ4n) is 2.48. The molecule has 1 fully saturated rings. The van der Waals surface area contributed by atoms with E-state index in [2.05, 4.69) is 5.32 Å². The van der Waals surface area contributed by atoms with E-state index in [-0.39, 0.29) is 6.42 Å². The highest BCUT2D eigenvalue weighted by molar-refractivity contribution is 4.85. The van der Waals surface area contributed by atoms with Gasteiger partial charge in [0, 0.05) is 19.3 Å². The van der Waals surface area contributed by atoms with Gasteiger partial charge in [-0.1, -0.05) is 19.8 Å². The molecule has 0 aliphatic heterocycles. The number of hydrogen-bond donors (Lipinski definition) is 1. The molecule has 0 spiro atoms. The third kappa shape index (κ3) is 5.57. The minimum Gasteiger partial charge on any atom is -0.381 e. The van der Waals surface area contributed by atoms with E-state index in [4.69, 9.17) is 4.74 Å². The summed E-state index contributed by atoms with van der Waals surface area (Å²) in [5, 5.41) is 3.06.